The Morgan fingerprint density at radius 1 is 1.24 bits per heavy atom. The average molecular weight is 282 g/mol. The number of nitrogens with zero attached hydrogens (tertiary/aromatic N) is 1. The van der Waals surface area contributed by atoms with Gasteiger partial charge in [0.2, 0.25) is 5.56 Å². The molecule has 2 aromatic heterocycles. The minimum Gasteiger partial charge on any atom is -0.399 e. The van der Waals surface area contributed by atoms with E-state index in [1.165, 1.54) is 10.6 Å². The summed E-state index contributed by atoms with van der Waals surface area (Å²) in [5.41, 5.74) is 8.06. The van der Waals surface area contributed by atoms with Crippen LogP contribution in [0.3, 0.4) is 0 Å². The Balaban J connectivity index is 1.89. The van der Waals surface area contributed by atoms with E-state index in [2.05, 4.69) is 10.3 Å². The van der Waals surface area contributed by atoms with Crippen molar-refractivity contribution in [2.45, 2.75) is 0 Å². The molecule has 4 N–H and O–H groups in total. The first kappa shape index (κ1) is 13.0. The first-order valence-electron chi connectivity index (χ1n) is 6.39. The van der Waals surface area contributed by atoms with E-state index in [1.807, 2.05) is 6.07 Å². The summed E-state index contributed by atoms with van der Waals surface area (Å²) in [6, 6.07) is 10.1. The Hall–Kier alpha value is -3.02. The Kier molecular flexibility index (Phi) is 2.98. The van der Waals surface area contributed by atoms with Crippen molar-refractivity contribution in [2.75, 3.05) is 11.1 Å². The van der Waals surface area contributed by atoms with Gasteiger partial charge in [-0.25, -0.2) is 0 Å². The second-order valence-electron chi connectivity index (χ2n) is 4.85. The minimum atomic E-state index is -0.275. The standard InChI is InChI=1S/C15H14N4O2/c1-19-8-11(3-5-14(19)20)17-15(21)13-7-9-6-10(16)2-4-12(9)18-13/h2-8,18H,16H2,1H3,(H,17,21). The molecule has 0 saturated carbocycles. The second-order valence-corrected chi connectivity index (χ2v) is 4.85. The number of fused-ring (bicyclic) bond motifs is 1. The summed E-state index contributed by atoms with van der Waals surface area (Å²) in [6.45, 7) is 0. The monoisotopic (exact) mass is 282 g/mol. The van der Waals surface area contributed by atoms with Crippen molar-refractivity contribution < 1.29 is 4.79 Å². The zero-order chi connectivity index (χ0) is 15.0. The van der Waals surface area contributed by atoms with Crippen LogP contribution < -0.4 is 16.6 Å². The number of H-pyrrole nitrogens is 1. The van der Waals surface area contributed by atoms with Crippen LogP contribution in [-0.2, 0) is 7.05 Å². The van der Waals surface area contributed by atoms with Crippen LogP contribution in [-0.4, -0.2) is 15.5 Å². The molecule has 0 aliphatic carbocycles. The Bertz CT molecular complexity index is 892. The van der Waals surface area contributed by atoms with Crippen molar-refractivity contribution in [3.63, 3.8) is 0 Å². The summed E-state index contributed by atoms with van der Waals surface area (Å²) in [6.07, 6.45) is 1.57. The smallest absolute Gasteiger partial charge is 0.272 e. The molecule has 1 aromatic carbocycles. The van der Waals surface area contributed by atoms with Gasteiger partial charge in [0.05, 0.1) is 5.69 Å². The topological polar surface area (TPSA) is 92.9 Å². The van der Waals surface area contributed by atoms with Crippen molar-refractivity contribution >= 4 is 28.2 Å². The predicted octanol–water partition coefficient (Wildman–Crippen LogP) is 1.70. The number of pyridine rings is 1. The lowest BCUT2D eigenvalue weighted by Gasteiger charge is -2.05. The van der Waals surface area contributed by atoms with Gasteiger partial charge < -0.3 is 20.6 Å². The molecule has 0 fully saturated rings. The molecule has 106 valence electrons. The Morgan fingerprint density at radius 2 is 2.05 bits per heavy atom. The minimum absolute atomic E-state index is 0.130. The van der Waals surface area contributed by atoms with Gasteiger partial charge in [0.25, 0.3) is 5.91 Å². The molecule has 6 nitrogen and oxygen atoms in total. The quantitative estimate of drug-likeness (QED) is 0.624. The molecule has 21 heavy (non-hydrogen) atoms. The molecule has 3 rings (SSSR count). The maximum absolute atomic E-state index is 12.2. The van der Waals surface area contributed by atoms with Crippen LogP contribution in [0.4, 0.5) is 11.4 Å². The van der Waals surface area contributed by atoms with Crippen LogP contribution in [0.15, 0.2) is 47.4 Å². The number of aryl methyl sites for hydroxylation is 1. The van der Waals surface area contributed by atoms with Gasteiger partial charge in [-0.3, -0.25) is 9.59 Å². The average Bonchev–Trinajstić information content (AvgIpc) is 2.86. The van der Waals surface area contributed by atoms with Crippen molar-refractivity contribution in [1.82, 2.24) is 9.55 Å². The summed E-state index contributed by atoms with van der Waals surface area (Å²) in [7, 11) is 1.63. The highest BCUT2D eigenvalue weighted by molar-refractivity contribution is 6.06. The van der Waals surface area contributed by atoms with E-state index in [9.17, 15) is 9.59 Å². The summed E-state index contributed by atoms with van der Waals surface area (Å²) in [5, 5.41) is 3.62. The summed E-state index contributed by atoms with van der Waals surface area (Å²) >= 11 is 0. The molecular weight excluding hydrogens is 268 g/mol. The molecule has 1 amide bonds. The fourth-order valence-corrected chi connectivity index (χ4v) is 2.14. The molecule has 0 aliphatic rings. The number of benzene rings is 1. The number of aromatic amines is 1. The van der Waals surface area contributed by atoms with Crippen LogP contribution in [0.5, 0.6) is 0 Å². The van der Waals surface area contributed by atoms with E-state index in [1.54, 1.807) is 37.5 Å². The van der Waals surface area contributed by atoms with Crippen LogP contribution >= 0.6 is 0 Å². The maximum Gasteiger partial charge on any atom is 0.272 e. The molecule has 0 bridgehead atoms. The molecule has 0 radical (unpaired) electrons. The number of carbonyl (C=O) groups is 1. The van der Waals surface area contributed by atoms with Gasteiger partial charge in [-0.1, -0.05) is 0 Å². The van der Waals surface area contributed by atoms with E-state index in [4.69, 9.17) is 5.73 Å². The number of nitrogen functional groups attached to an aromatic ring is 1. The zero-order valence-electron chi connectivity index (χ0n) is 11.4. The number of nitrogens with two attached hydrogens (primary N) is 1. The lowest BCUT2D eigenvalue weighted by Crippen LogP contribution is -2.18. The fraction of sp³-hybridized carbons (Fsp3) is 0.0667. The Morgan fingerprint density at radius 3 is 2.81 bits per heavy atom. The first-order valence-corrected chi connectivity index (χ1v) is 6.39. The van der Waals surface area contributed by atoms with Gasteiger partial charge in [-0.2, -0.15) is 0 Å². The molecule has 2 heterocycles. The third-order valence-corrected chi connectivity index (χ3v) is 3.23. The van der Waals surface area contributed by atoms with E-state index < -0.39 is 0 Å². The molecule has 0 atom stereocenters. The third kappa shape index (κ3) is 2.51. The molecular formula is C15H14N4O2. The number of carbonyl (C=O) groups excluding carboxylic acids is 1. The van der Waals surface area contributed by atoms with Gasteiger partial charge >= 0.3 is 0 Å². The summed E-state index contributed by atoms with van der Waals surface area (Å²) in [4.78, 5) is 26.5. The molecule has 0 aliphatic heterocycles. The van der Waals surface area contributed by atoms with Crippen molar-refractivity contribution in [2.24, 2.45) is 7.05 Å². The van der Waals surface area contributed by atoms with Gasteiger partial charge in [0.15, 0.2) is 0 Å². The first-order chi connectivity index (χ1) is 10.0. The lowest BCUT2D eigenvalue weighted by molar-refractivity contribution is 0.102. The molecule has 6 heteroatoms. The normalized spacial score (nSPS) is 10.7. The van der Waals surface area contributed by atoms with Crippen LogP contribution in [0.1, 0.15) is 10.5 Å². The van der Waals surface area contributed by atoms with E-state index in [-0.39, 0.29) is 11.5 Å². The highest BCUT2D eigenvalue weighted by Gasteiger charge is 2.10. The van der Waals surface area contributed by atoms with E-state index in [0.29, 0.717) is 17.1 Å². The number of hydrogen-bond acceptors (Lipinski definition) is 3. The molecule has 0 unspecified atom stereocenters. The zero-order valence-corrected chi connectivity index (χ0v) is 11.4. The van der Waals surface area contributed by atoms with Crippen LogP contribution in [0.25, 0.3) is 10.9 Å². The molecule has 0 spiro atoms. The number of aromatic nitrogens is 2. The fourth-order valence-electron chi connectivity index (χ4n) is 2.14. The van der Waals surface area contributed by atoms with Crippen LogP contribution in [0, 0.1) is 0 Å². The highest BCUT2D eigenvalue weighted by Crippen LogP contribution is 2.19. The van der Waals surface area contributed by atoms with E-state index in [0.717, 1.165) is 10.9 Å². The highest BCUT2D eigenvalue weighted by atomic mass is 16.2. The Labute approximate surface area is 120 Å². The van der Waals surface area contributed by atoms with Crippen molar-refractivity contribution in [3.05, 3.63) is 58.6 Å². The van der Waals surface area contributed by atoms with Crippen molar-refractivity contribution in [3.8, 4) is 0 Å². The number of amides is 1. The molecule has 0 saturated heterocycles. The largest absolute Gasteiger partial charge is 0.399 e. The van der Waals surface area contributed by atoms with Crippen molar-refractivity contribution in [1.29, 1.82) is 0 Å². The van der Waals surface area contributed by atoms with Gasteiger partial charge in [0, 0.05) is 35.9 Å². The number of nitrogens with one attached hydrogen (secondary N) is 2. The van der Waals surface area contributed by atoms with E-state index >= 15 is 0 Å². The molecule has 3 aromatic rings. The predicted molar refractivity (Wildman–Crippen MR) is 82.3 cm³/mol. The number of rotatable bonds is 2. The van der Waals surface area contributed by atoms with Gasteiger partial charge in [-0.15, -0.1) is 0 Å². The van der Waals surface area contributed by atoms with Gasteiger partial charge in [0.1, 0.15) is 5.69 Å². The lowest BCUT2D eigenvalue weighted by atomic mass is 10.2. The number of anilines is 2. The maximum atomic E-state index is 12.2. The third-order valence-electron chi connectivity index (χ3n) is 3.23. The SMILES string of the molecule is Cn1cc(NC(=O)c2cc3cc(N)ccc3[nH]2)ccc1=O. The van der Waals surface area contributed by atoms with Gasteiger partial charge in [-0.05, 0) is 30.3 Å². The summed E-state index contributed by atoms with van der Waals surface area (Å²) in [5.74, 6) is -0.275. The van der Waals surface area contributed by atoms with Crippen LogP contribution in [0.2, 0.25) is 0 Å². The summed E-state index contributed by atoms with van der Waals surface area (Å²) < 4.78 is 1.40. The number of hydrogen-bond donors (Lipinski definition) is 3. The second kappa shape index (κ2) is 4.82.